The fourth-order valence-corrected chi connectivity index (χ4v) is 4.90. The van der Waals surface area contributed by atoms with E-state index in [1.165, 1.54) is 9.21 Å². The molecule has 192 valence electrons. The van der Waals surface area contributed by atoms with Gasteiger partial charge < -0.3 is 10.2 Å². The molecule has 0 fully saturated rings. The zero-order valence-electron chi connectivity index (χ0n) is 20.8. The summed E-state index contributed by atoms with van der Waals surface area (Å²) in [5.41, 5.74) is 3.34. The van der Waals surface area contributed by atoms with Gasteiger partial charge in [-0.1, -0.05) is 35.3 Å². The lowest BCUT2D eigenvalue weighted by atomic mass is 10.1. The third-order valence-electron chi connectivity index (χ3n) is 5.79. The molecule has 0 unspecified atom stereocenters. The number of anilines is 1. The molecule has 1 N–H and O–H groups in total. The van der Waals surface area contributed by atoms with Gasteiger partial charge >= 0.3 is 0 Å². The molecular formula is C25H33Cl2N3O4S. The third kappa shape index (κ3) is 8.12. The molecule has 7 nitrogen and oxygen atoms in total. The summed E-state index contributed by atoms with van der Waals surface area (Å²) in [6.07, 6.45) is 1.51. The monoisotopic (exact) mass is 541 g/mol. The minimum Gasteiger partial charge on any atom is -0.355 e. The van der Waals surface area contributed by atoms with Crippen molar-refractivity contribution in [2.45, 2.75) is 53.1 Å². The van der Waals surface area contributed by atoms with Crippen molar-refractivity contribution >= 4 is 50.7 Å². The first-order chi connectivity index (χ1) is 16.3. The maximum atomic E-state index is 13.2. The highest BCUT2D eigenvalue weighted by Crippen LogP contribution is 2.25. The molecule has 2 amide bonds. The minimum atomic E-state index is -3.54. The van der Waals surface area contributed by atoms with Crippen LogP contribution >= 0.6 is 23.2 Å². The topological polar surface area (TPSA) is 86.8 Å². The number of rotatable bonds is 11. The predicted octanol–water partition coefficient (Wildman–Crippen LogP) is 4.71. The Morgan fingerprint density at radius 1 is 1.03 bits per heavy atom. The second kappa shape index (κ2) is 12.6. The maximum Gasteiger partial charge on any atom is 0.242 e. The van der Waals surface area contributed by atoms with E-state index < -0.39 is 16.1 Å². The number of carbonyl (C=O) groups excluding carboxylic acids is 2. The van der Waals surface area contributed by atoms with Crippen LogP contribution in [0.4, 0.5) is 5.69 Å². The van der Waals surface area contributed by atoms with E-state index in [1.807, 2.05) is 32.9 Å². The molecule has 0 saturated heterocycles. The van der Waals surface area contributed by atoms with Gasteiger partial charge in [-0.3, -0.25) is 13.9 Å². The van der Waals surface area contributed by atoms with Crippen LogP contribution in [-0.2, 0) is 26.2 Å². The number of amides is 2. The first kappa shape index (κ1) is 28.9. The number of sulfonamides is 1. The number of nitrogens with zero attached hydrogens (tertiary/aromatic N) is 2. The van der Waals surface area contributed by atoms with Crippen molar-refractivity contribution in [2.24, 2.45) is 0 Å². The number of benzene rings is 2. The number of hydrogen-bond acceptors (Lipinski definition) is 4. The van der Waals surface area contributed by atoms with Crippen LogP contribution in [0, 0.1) is 13.8 Å². The molecule has 0 bridgehead atoms. The molecule has 0 aromatic heterocycles. The summed E-state index contributed by atoms with van der Waals surface area (Å²) < 4.78 is 26.2. The standard InChI is InChI=1S/C25H33Cl2N3O4S/c1-6-28-25(32)19(4)29(16-20-10-12-22(26)23(27)15-20)24(31)8-7-13-30(35(5,33)34)21-11-9-17(2)18(3)14-21/h9-12,14-15,19H,6-8,13,16H2,1-5H3,(H,28,32)/t19-/m1/s1. The lowest BCUT2D eigenvalue weighted by Crippen LogP contribution is -2.47. The molecular weight excluding hydrogens is 509 g/mol. The smallest absolute Gasteiger partial charge is 0.242 e. The van der Waals surface area contributed by atoms with E-state index >= 15 is 0 Å². The SMILES string of the molecule is CCNC(=O)[C@@H](C)N(Cc1ccc(Cl)c(Cl)c1)C(=O)CCCN(c1ccc(C)c(C)c1)S(C)(=O)=O. The molecule has 10 heteroatoms. The van der Waals surface area contributed by atoms with E-state index in [-0.39, 0.29) is 31.3 Å². The summed E-state index contributed by atoms with van der Waals surface area (Å²) in [5, 5.41) is 3.51. The molecule has 0 radical (unpaired) electrons. The van der Waals surface area contributed by atoms with Crippen molar-refractivity contribution < 1.29 is 18.0 Å². The Morgan fingerprint density at radius 3 is 2.29 bits per heavy atom. The Bertz CT molecular complexity index is 1170. The van der Waals surface area contributed by atoms with E-state index in [4.69, 9.17) is 23.2 Å². The molecule has 1 atom stereocenters. The van der Waals surface area contributed by atoms with Crippen LogP contribution < -0.4 is 9.62 Å². The van der Waals surface area contributed by atoms with E-state index in [2.05, 4.69) is 5.32 Å². The highest BCUT2D eigenvalue weighted by molar-refractivity contribution is 7.92. The summed E-state index contributed by atoms with van der Waals surface area (Å²) in [7, 11) is -3.54. The fourth-order valence-electron chi connectivity index (χ4n) is 3.62. The number of halogens is 2. The summed E-state index contributed by atoms with van der Waals surface area (Å²) in [5.74, 6) is -0.530. The molecule has 2 aromatic carbocycles. The van der Waals surface area contributed by atoms with E-state index in [0.717, 1.165) is 22.9 Å². The van der Waals surface area contributed by atoms with Gasteiger partial charge in [0.15, 0.2) is 0 Å². The van der Waals surface area contributed by atoms with Crippen LogP contribution in [0.3, 0.4) is 0 Å². The largest absolute Gasteiger partial charge is 0.355 e. The molecule has 0 saturated carbocycles. The lowest BCUT2D eigenvalue weighted by Gasteiger charge is -2.29. The van der Waals surface area contributed by atoms with Crippen molar-refractivity contribution in [3.05, 3.63) is 63.1 Å². The number of aryl methyl sites for hydroxylation is 2. The van der Waals surface area contributed by atoms with Crippen molar-refractivity contribution in [1.29, 1.82) is 0 Å². The summed E-state index contributed by atoms with van der Waals surface area (Å²) in [6.45, 7) is 8.11. The van der Waals surface area contributed by atoms with Gasteiger partial charge in [-0.05, 0) is 75.1 Å². The average Bonchev–Trinajstić information content (AvgIpc) is 2.78. The van der Waals surface area contributed by atoms with Crippen LogP contribution in [0.25, 0.3) is 0 Å². The van der Waals surface area contributed by atoms with Gasteiger partial charge in [0.25, 0.3) is 0 Å². The van der Waals surface area contributed by atoms with Crippen LogP contribution in [0.15, 0.2) is 36.4 Å². The zero-order chi connectivity index (χ0) is 26.3. The van der Waals surface area contributed by atoms with Gasteiger partial charge in [0.2, 0.25) is 21.8 Å². The fraction of sp³-hybridized carbons (Fsp3) is 0.440. The van der Waals surface area contributed by atoms with Crippen molar-refractivity contribution in [3.8, 4) is 0 Å². The molecule has 2 aromatic rings. The Morgan fingerprint density at radius 2 is 1.71 bits per heavy atom. The highest BCUT2D eigenvalue weighted by Gasteiger charge is 2.26. The maximum absolute atomic E-state index is 13.2. The van der Waals surface area contributed by atoms with Crippen molar-refractivity contribution in [3.63, 3.8) is 0 Å². The van der Waals surface area contributed by atoms with E-state index in [9.17, 15) is 18.0 Å². The Balaban J connectivity index is 2.19. The van der Waals surface area contributed by atoms with Crippen LogP contribution in [0.5, 0.6) is 0 Å². The minimum absolute atomic E-state index is 0.0714. The summed E-state index contributed by atoms with van der Waals surface area (Å²) in [4.78, 5) is 27.2. The van der Waals surface area contributed by atoms with Gasteiger partial charge in [-0.25, -0.2) is 8.42 Å². The molecule has 0 aliphatic heterocycles. The molecule has 0 heterocycles. The van der Waals surface area contributed by atoms with E-state index in [0.29, 0.717) is 28.7 Å². The molecule has 2 rings (SSSR count). The normalized spacial score (nSPS) is 12.2. The second-order valence-electron chi connectivity index (χ2n) is 8.55. The highest BCUT2D eigenvalue weighted by atomic mass is 35.5. The number of carbonyl (C=O) groups is 2. The van der Waals surface area contributed by atoms with Gasteiger partial charge in [-0.15, -0.1) is 0 Å². The van der Waals surface area contributed by atoms with Crippen molar-refractivity contribution in [2.75, 3.05) is 23.7 Å². The molecule has 35 heavy (non-hydrogen) atoms. The summed E-state index contributed by atoms with van der Waals surface area (Å²) in [6, 6.07) is 9.81. The third-order valence-corrected chi connectivity index (χ3v) is 7.72. The number of nitrogens with one attached hydrogen (secondary N) is 1. The van der Waals surface area contributed by atoms with Crippen LogP contribution in [0.1, 0.15) is 43.4 Å². The second-order valence-corrected chi connectivity index (χ2v) is 11.3. The van der Waals surface area contributed by atoms with Gasteiger partial charge in [0, 0.05) is 26.1 Å². The molecule has 0 spiro atoms. The first-order valence-electron chi connectivity index (χ1n) is 11.4. The Hall–Kier alpha value is -2.29. The van der Waals surface area contributed by atoms with Gasteiger partial charge in [0.1, 0.15) is 6.04 Å². The van der Waals surface area contributed by atoms with Crippen molar-refractivity contribution in [1.82, 2.24) is 10.2 Å². The number of hydrogen-bond donors (Lipinski definition) is 1. The quantitative estimate of drug-likeness (QED) is 0.446. The summed E-state index contributed by atoms with van der Waals surface area (Å²) >= 11 is 12.1. The predicted molar refractivity (Wildman–Crippen MR) is 142 cm³/mol. The molecule has 0 aliphatic carbocycles. The number of likely N-dealkylation sites (N-methyl/N-ethyl adjacent to an activating group) is 1. The van der Waals surface area contributed by atoms with Crippen LogP contribution in [0.2, 0.25) is 10.0 Å². The average molecular weight is 543 g/mol. The van der Waals surface area contributed by atoms with Gasteiger partial charge in [0.05, 0.1) is 22.0 Å². The first-order valence-corrected chi connectivity index (χ1v) is 14.0. The van der Waals surface area contributed by atoms with E-state index in [1.54, 1.807) is 31.2 Å². The Kier molecular flexibility index (Phi) is 10.4. The molecule has 0 aliphatic rings. The lowest BCUT2D eigenvalue weighted by molar-refractivity contribution is -0.140. The Labute approximate surface area is 218 Å². The van der Waals surface area contributed by atoms with Crippen LogP contribution in [-0.4, -0.2) is 50.5 Å². The van der Waals surface area contributed by atoms with Gasteiger partial charge in [-0.2, -0.15) is 0 Å². The zero-order valence-corrected chi connectivity index (χ0v) is 23.1.